The van der Waals surface area contributed by atoms with Crippen LogP contribution in [0.4, 0.5) is 5.69 Å². The van der Waals surface area contributed by atoms with Gasteiger partial charge in [0.25, 0.3) is 0 Å². The van der Waals surface area contributed by atoms with E-state index in [0.29, 0.717) is 21.9 Å². The molecule has 0 saturated heterocycles. The largest absolute Gasteiger partial charge is 0.378 e. The molecule has 1 aliphatic heterocycles. The van der Waals surface area contributed by atoms with Gasteiger partial charge in [-0.25, -0.2) is 0 Å². The summed E-state index contributed by atoms with van der Waals surface area (Å²) in [5, 5.41) is 4.95. The van der Waals surface area contributed by atoms with E-state index < -0.39 is 0 Å². The summed E-state index contributed by atoms with van der Waals surface area (Å²) in [6.45, 7) is 0. The molecule has 112 valence electrons. The van der Waals surface area contributed by atoms with Crippen LogP contribution in [0.2, 0.25) is 10.0 Å². The lowest BCUT2D eigenvalue weighted by Crippen LogP contribution is -2.29. The van der Waals surface area contributed by atoms with E-state index in [1.807, 2.05) is 12.1 Å². The molecule has 0 aromatic heterocycles. The van der Waals surface area contributed by atoms with Crippen molar-refractivity contribution >= 4 is 44.8 Å². The average molecular weight is 395 g/mol. The highest BCUT2D eigenvalue weighted by Gasteiger charge is 2.38. The van der Waals surface area contributed by atoms with Crippen molar-refractivity contribution in [3.8, 4) is 0 Å². The van der Waals surface area contributed by atoms with Crippen LogP contribution in [-0.4, -0.2) is 0 Å². The molecule has 2 aromatic rings. The van der Waals surface area contributed by atoms with Gasteiger partial charge in [-0.3, -0.25) is 0 Å². The van der Waals surface area contributed by atoms with Crippen molar-refractivity contribution in [3.05, 3.63) is 74.2 Å². The molecule has 22 heavy (non-hydrogen) atoms. The monoisotopic (exact) mass is 393 g/mol. The van der Waals surface area contributed by atoms with E-state index >= 15 is 0 Å². The van der Waals surface area contributed by atoms with E-state index in [1.54, 1.807) is 0 Å². The topological polar surface area (TPSA) is 12.0 Å². The van der Waals surface area contributed by atoms with Crippen molar-refractivity contribution in [2.75, 3.05) is 5.32 Å². The minimum absolute atomic E-state index is 0.180. The second kappa shape index (κ2) is 5.59. The van der Waals surface area contributed by atoms with Gasteiger partial charge < -0.3 is 5.32 Å². The Morgan fingerprint density at radius 1 is 1.09 bits per heavy atom. The number of halogens is 3. The molecule has 4 rings (SSSR count). The average Bonchev–Trinajstić information content (AvgIpc) is 2.99. The van der Waals surface area contributed by atoms with Gasteiger partial charge >= 0.3 is 0 Å². The van der Waals surface area contributed by atoms with E-state index in [4.69, 9.17) is 23.2 Å². The first-order chi connectivity index (χ1) is 10.6. The van der Waals surface area contributed by atoms with E-state index in [9.17, 15) is 0 Å². The maximum absolute atomic E-state index is 6.47. The minimum Gasteiger partial charge on any atom is -0.378 e. The lowest BCUT2D eigenvalue weighted by Gasteiger charge is -2.38. The molecule has 1 nitrogen and oxygen atoms in total. The predicted octanol–water partition coefficient (Wildman–Crippen LogP) is 6.58. The molecular formula is C18H14BrCl2N. The Labute approximate surface area is 148 Å². The van der Waals surface area contributed by atoms with Gasteiger partial charge in [0.05, 0.1) is 16.1 Å². The van der Waals surface area contributed by atoms with Crippen molar-refractivity contribution in [1.29, 1.82) is 0 Å². The highest BCUT2D eigenvalue weighted by Crippen LogP contribution is 2.51. The summed E-state index contributed by atoms with van der Waals surface area (Å²) >= 11 is 16.3. The minimum atomic E-state index is 0.180. The van der Waals surface area contributed by atoms with Crippen LogP contribution in [0, 0.1) is 5.92 Å². The molecule has 0 spiro atoms. The summed E-state index contributed by atoms with van der Waals surface area (Å²) in [6, 6.07) is 12.5. The standard InChI is InChI=1S/C18H14BrCl2N/c19-10-7-8-16-14(9-10)11-3-1-4-12(11)18(22-16)13-5-2-6-15(20)17(13)21/h1-3,5-9,11-12,18,22H,4H2/t11-,12-,18+/m0/s1. The Bertz CT molecular complexity index is 772. The first-order valence-electron chi connectivity index (χ1n) is 7.31. The van der Waals surface area contributed by atoms with Crippen molar-refractivity contribution in [1.82, 2.24) is 0 Å². The maximum atomic E-state index is 6.47. The van der Waals surface area contributed by atoms with Gasteiger partial charge in [0.2, 0.25) is 0 Å². The zero-order chi connectivity index (χ0) is 15.3. The van der Waals surface area contributed by atoms with Crippen LogP contribution in [0.15, 0.2) is 53.0 Å². The molecule has 0 amide bonds. The Morgan fingerprint density at radius 2 is 1.95 bits per heavy atom. The van der Waals surface area contributed by atoms with Crippen molar-refractivity contribution in [2.24, 2.45) is 5.92 Å². The van der Waals surface area contributed by atoms with Crippen molar-refractivity contribution in [2.45, 2.75) is 18.4 Å². The van der Waals surface area contributed by atoms with Gasteiger partial charge in [0, 0.05) is 16.1 Å². The van der Waals surface area contributed by atoms with Crippen LogP contribution >= 0.6 is 39.1 Å². The third kappa shape index (κ3) is 2.29. The van der Waals surface area contributed by atoms with Gasteiger partial charge in [0.15, 0.2) is 0 Å². The number of fused-ring (bicyclic) bond motifs is 3. The van der Waals surface area contributed by atoms with Gasteiger partial charge in [0.1, 0.15) is 0 Å². The summed E-state index contributed by atoms with van der Waals surface area (Å²) in [4.78, 5) is 0. The second-order valence-corrected chi connectivity index (χ2v) is 7.55. The lowest BCUT2D eigenvalue weighted by atomic mass is 9.77. The van der Waals surface area contributed by atoms with E-state index in [1.165, 1.54) is 11.3 Å². The molecular weight excluding hydrogens is 381 g/mol. The Balaban J connectivity index is 1.83. The maximum Gasteiger partial charge on any atom is 0.0645 e. The number of allylic oxidation sites excluding steroid dienone is 2. The highest BCUT2D eigenvalue weighted by molar-refractivity contribution is 9.10. The zero-order valence-electron chi connectivity index (χ0n) is 11.7. The summed E-state index contributed by atoms with van der Waals surface area (Å²) < 4.78 is 1.12. The van der Waals surface area contributed by atoms with Crippen LogP contribution in [0.5, 0.6) is 0 Å². The Hall–Kier alpha value is -0.960. The molecule has 0 unspecified atom stereocenters. The first-order valence-corrected chi connectivity index (χ1v) is 8.86. The van der Waals surface area contributed by atoms with Gasteiger partial charge in [-0.2, -0.15) is 0 Å². The number of anilines is 1. The number of nitrogens with one attached hydrogen (secondary N) is 1. The van der Waals surface area contributed by atoms with Crippen molar-refractivity contribution < 1.29 is 0 Å². The predicted molar refractivity (Wildman–Crippen MR) is 97.0 cm³/mol. The van der Waals surface area contributed by atoms with E-state index in [2.05, 4.69) is 57.7 Å². The number of rotatable bonds is 1. The molecule has 0 fully saturated rings. The summed E-state index contributed by atoms with van der Waals surface area (Å²) in [5.41, 5.74) is 3.61. The summed E-state index contributed by atoms with van der Waals surface area (Å²) in [5.74, 6) is 0.895. The highest BCUT2D eigenvalue weighted by atomic mass is 79.9. The Morgan fingerprint density at radius 3 is 2.82 bits per heavy atom. The van der Waals surface area contributed by atoms with Gasteiger partial charge in [-0.1, -0.05) is 63.4 Å². The third-order valence-electron chi connectivity index (χ3n) is 4.64. The molecule has 0 saturated carbocycles. The molecule has 3 atom stereocenters. The number of benzene rings is 2. The van der Waals surface area contributed by atoms with Gasteiger partial charge in [-0.05, 0) is 47.7 Å². The van der Waals surface area contributed by atoms with E-state index in [-0.39, 0.29) is 6.04 Å². The Kier molecular flexibility index (Phi) is 3.72. The molecule has 1 aliphatic carbocycles. The third-order valence-corrected chi connectivity index (χ3v) is 5.97. The fourth-order valence-corrected chi connectivity index (χ4v) is 4.44. The molecule has 2 aromatic carbocycles. The molecule has 0 bridgehead atoms. The smallest absolute Gasteiger partial charge is 0.0645 e. The van der Waals surface area contributed by atoms with Crippen molar-refractivity contribution in [3.63, 3.8) is 0 Å². The number of hydrogen-bond donors (Lipinski definition) is 1. The van der Waals surface area contributed by atoms with Crippen LogP contribution in [-0.2, 0) is 0 Å². The molecule has 4 heteroatoms. The molecule has 1 heterocycles. The molecule has 2 aliphatic rings. The SMILES string of the molecule is Clc1cccc([C@@H]2Nc3ccc(Br)cc3[C@H]3C=CC[C@@H]32)c1Cl. The van der Waals surface area contributed by atoms with Crippen LogP contribution in [0.3, 0.4) is 0 Å². The molecule has 0 radical (unpaired) electrons. The lowest BCUT2D eigenvalue weighted by molar-refractivity contribution is 0.425. The second-order valence-electron chi connectivity index (χ2n) is 5.85. The number of hydrogen-bond acceptors (Lipinski definition) is 1. The fourth-order valence-electron chi connectivity index (χ4n) is 3.63. The molecule has 1 N–H and O–H groups in total. The van der Waals surface area contributed by atoms with Crippen LogP contribution in [0.1, 0.15) is 29.5 Å². The summed E-state index contributed by atoms with van der Waals surface area (Å²) in [6.07, 6.45) is 5.65. The van der Waals surface area contributed by atoms with Crippen LogP contribution < -0.4 is 5.32 Å². The quantitative estimate of drug-likeness (QED) is 0.538. The zero-order valence-corrected chi connectivity index (χ0v) is 14.8. The first kappa shape index (κ1) is 14.6. The fraction of sp³-hybridized carbons (Fsp3) is 0.222. The summed E-state index contributed by atoms with van der Waals surface area (Å²) in [7, 11) is 0. The van der Waals surface area contributed by atoms with Crippen LogP contribution in [0.25, 0.3) is 0 Å². The van der Waals surface area contributed by atoms with E-state index in [0.717, 1.165) is 16.5 Å². The van der Waals surface area contributed by atoms with Gasteiger partial charge in [-0.15, -0.1) is 0 Å². The normalized spacial score (nSPS) is 25.5.